The largest absolute Gasteiger partial charge is 0.459 e. The number of ether oxygens (including phenoxy) is 4. The first-order valence-corrected chi connectivity index (χ1v) is 19.3. The maximum Gasteiger partial charge on any atom is 0.407 e. The molecule has 0 bridgehead atoms. The molecule has 54 heavy (non-hydrogen) atoms. The van der Waals surface area contributed by atoms with Crippen LogP contribution in [0.4, 0.5) is 16.3 Å². The second-order valence-corrected chi connectivity index (χ2v) is 16.1. The Hall–Kier alpha value is -4.63. The fourth-order valence-corrected chi connectivity index (χ4v) is 8.52. The highest BCUT2D eigenvalue weighted by molar-refractivity contribution is 6.11. The number of aryl methyl sites for hydroxylation is 1. The lowest BCUT2D eigenvalue weighted by Gasteiger charge is -2.43. The van der Waals surface area contributed by atoms with Gasteiger partial charge in [0.1, 0.15) is 23.6 Å². The molecule has 3 aromatic heterocycles. The molecule has 15 nitrogen and oxygen atoms in total. The van der Waals surface area contributed by atoms with Crippen molar-refractivity contribution in [3.63, 3.8) is 0 Å². The number of carbonyl (C=O) groups excluding carboxylic acids is 2. The fourth-order valence-electron chi connectivity index (χ4n) is 8.52. The van der Waals surface area contributed by atoms with Crippen LogP contribution in [0.3, 0.4) is 0 Å². The summed E-state index contributed by atoms with van der Waals surface area (Å²) < 4.78 is 25.3. The Bertz CT molecular complexity index is 1930. The van der Waals surface area contributed by atoms with Crippen LogP contribution < -0.4 is 15.1 Å². The highest BCUT2D eigenvalue weighted by atomic mass is 16.6. The molecule has 3 atom stereocenters. The molecule has 5 aliphatic heterocycles. The van der Waals surface area contributed by atoms with Crippen LogP contribution in [0.15, 0.2) is 29.4 Å². The molecule has 0 saturated carbocycles. The second-order valence-electron chi connectivity index (χ2n) is 16.1. The number of aliphatic imine (C=N–C) groups is 1. The highest BCUT2D eigenvalue weighted by Gasteiger charge is 2.51. The van der Waals surface area contributed by atoms with Crippen molar-refractivity contribution in [1.29, 1.82) is 0 Å². The number of carbonyl (C=O) groups is 2. The van der Waals surface area contributed by atoms with Crippen LogP contribution in [0.2, 0.25) is 0 Å². The lowest BCUT2D eigenvalue weighted by molar-refractivity contribution is -0.142. The van der Waals surface area contributed by atoms with Gasteiger partial charge in [-0.3, -0.25) is 9.79 Å². The average molecular weight is 742 g/mol. The van der Waals surface area contributed by atoms with Gasteiger partial charge in [0.2, 0.25) is 0 Å². The standard InChI is InChI=1S/C39H51N9O6/c1-24-34(45-37(50)54-38(3,4)5)39(23-53-24)14-18-46(19-15-39)35-29(22-52-25(2)49)43-33-28(44-35)21-40-36(33)47-17-8-9-26-30(47)12-11-27(42-26)31-13-16-41-48(31)32-10-6-7-20-51-32/h11-13,16,24,32,34H,6-10,14-15,17-23H2,1-5H3,(H,45,50)/t24-,32?,34+/m0/s1. The van der Waals surface area contributed by atoms with Gasteiger partial charge in [0, 0.05) is 44.8 Å². The number of nitrogens with one attached hydrogen (secondary N) is 1. The number of hydrogen-bond donors (Lipinski definition) is 1. The third-order valence-electron chi connectivity index (χ3n) is 11.2. The Kier molecular flexibility index (Phi) is 9.79. The van der Waals surface area contributed by atoms with E-state index in [9.17, 15) is 9.59 Å². The maximum absolute atomic E-state index is 12.8. The van der Waals surface area contributed by atoms with Crippen LogP contribution in [-0.4, -0.2) is 93.2 Å². The number of rotatable bonds is 6. The van der Waals surface area contributed by atoms with Crippen molar-refractivity contribution in [1.82, 2.24) is 30.0 Å². The summed E-state index contributed by atoms with van der Waals surface area (Å²) in [5, 5.41) is 7.72. The molecule has 8 heterocycles. The number of esters is 1. The van der Waals surface area contributed by atoms with Gasteiger partial charge in [0.15, 0.2) is 17.9 Å². The number of alkyl carbamates (subject to hydrolysis) is 1. The van der Waals surface area contributed by atoms with Crippen molar-refractivity contribution in [3.05, 3.63) is 47.2 Å². The number of amidine groups is 1. The molecular weight excluding hydrogens is 690 g/mol. The molecule has 1 N–H and O–H groups in total. The summed E-state index contributed by atoms with van der Waals surface area (Å²) in [5.41, 5.74) is 5.10. The summed E-state index contributed by atoms with van der Waals surface area (Å²) in [6, 6.07) is 6.01. The van der Waals surface area contributed by atoms with Crippen LogP contribution >= 0.6 is 0 Å². The molecule has 3 aromatic rings. The Morgan fingerprint density at radius 1 is 1.02 bits per heavy atom. The number of anilines is 2. The molecular formula is C39H51N9O6. The first-order chi connectivity index (χ1) is 26.0. The summed E-state index contributed by atoms with van der Waals surface area (Å²) in [6.45, 7) is 12.8. The van der Waals surface area contributed by atoms with Crippen LogP contribution in [0.5, 0.6) is 0 Å². The number of hydrogen-bond acceptors (Lipinski definition) is 13. The van der Waals surface area contributed by atoms with E-state index in [1.807, 2.05) is 44.6 Å². The summed E-state index contributed by atoms with van der Waals surface area (Å²) >= 11 is 0. The number of fused-ring (bicyclic) bond motifs is 2. The molecule has 1 spiro atoms. The number of piperidine rings is 1. The van der Waals surface area contributed by atoms with E-state index in [-0.39, 0.29) is 36.4 Å². The van der Waals surface area contributed by atoms with E-state index in [1.165, 1.54) is 6.92 Å². The summed E-state index contributed by atoms with van der Waals surface area (Å²) in [6.07, 6.45) is 7.63. The van der Waals surface area contributed by atoms with E-state index in [2.05, 4.69) is 32.3 Å². The Morgan fingerprint density at radius 2 is 1.85 bits per heavy atom. The predicted octanol–water partition coefficient (Wildman–Crippen LogP) is 5.11. The number of pyridine rings is 1. The van der Waals surface area contributed by atoms with Crippen molar-refractivity contribution in [2.24, 2.45) is 10.4 Å². The van der Waals surface area contributed by atoms with Gasteiger partial charge in [-0.2, -0.15) is 5.10 Å². The third kappa shape index (κ3) is 7.15. The van der Waals surface area contributed by atoms with Crippen molar-refractivity contribution < 1.29 is 28.5 Å². The monoisotopic (exact) mass is 741 g/mol. The lowest BCUT2D eigenvalue weighted by Crippen LogP contribution is -2.55. The van der Waals surface area contributed by atoms with E-state index in [1.54, 1.807) is 0 Å². The Morgan fingerprint density at radius 3 is 2.61 bits per heavy atom. The minimum atomic E-state index is -0.592. The van der Waals surface area contributed by atoms with E-state index < -0.39 is 11.7 Å². The summed E-state index contributed by atoms with van der Waals surface area (Å²) in [4.78, 5) is 49.7. The van der Waals surface area contributed by atoms with Gasteiger partial charge in [-0.25, -0.2) is 24.4 Å². The molecule has 3 saturated heterocycles. The smallest absolute Gasteiger partial charge is 0.407 e. The topological polar surface area (TPSA) is 158 Å². The molecule has 0 aromatic carbocycles. The molecule has 5 aliphatic rings. The first-order valence-electron chi connectivity index (χ1n) is 19.3. The fraction of sp³-hybridized carbons (Fsp3) is 0.615. The van der Waals surface area contributed by atoms with Crippen molar-refractivity contribution in [2.45, 2.75) is 117 Å². The SMILES string of the molecule is CC(=O)OCc1nc2c(nc1N1CCC3(CC1)CO[C@@H](C)[C@H]3NC(=O)OC(C)(C)C)CN=C2N1CCCc2nc(-c3ccnn3C3CCCCO3)ccc21. The Labute approximate surface area is 315 Å². The minimum Gasteiger partial charge on any atom is -0.459 e. The number of aromatic nitrogens is 5. The van der Waals surface area contributed by atoms with Gasteiger partial charge in [-0.1, -0.05) is 0 Å². The molecule has 288 valence electrons. The van der Waals surface area contributed by atoms with Gasteiger partial charge in [0.25, 0.3) is 0 Å². The van der Waals surface area contributed by atoms with Crippen LogP contribution in [0, 0.1) is 5.41 Å². The van der Waals surface area contributed by atoms with Crippen molar-refractivity contribution in [3.8, 4) is 11.4 Å². The zero-order valence-electron chi connectivity index (χ0n) is 32.0. The number of amides is 1. The van der Waals surface area contributed by atoms with Gasteiger partial charge in [-0.05, 0) is 90.8 Å². The third-order valence-corrected chi connectivity index (χ3v) is 11.2. The van der Waals surface area contributed by atoms with Crippen LogP contribution in [-0.2, 0) is 43.3 Å². The second kappa shape index (κ2) is 14.5. The van der Waals surface area contributed by atoms with E-state index >= 15 is 0 Å². The van der Waals surface area contributed by atoms with E-state index in [4.69, 9.17) is 38.9 Å². The normalized spacial score (nSPS) is 23.5. The molecule has 1 amide bonds. The first kappa shape index (κ1) is 36.4. The van der Waals surface area contributed by atoms with Gasteiger partial charge in [-0.15, -0.1) is 0 Å². The maximum atomic E-state index is 12.8. The average Bonchev–Trinajstić information content (AvgIpc) is 3.88. The molecule has 15 heteroatoms. The molecule has 1 unspecified atom stereocenters. The number of nitrogens with zero attached hydrogens (tertiary/aromatic N) is 8. The molecule has 0 aliphatic carbocycles. The minimum absolute atomic E-state index is 0.00271. The van der Waals surface area contributed by atoms with Crippen LogP contribution in [0.25, 0.3) is 11.4 Å². The Balaban J connectivity index is 1.03. The van der Waals surface area contributed by atoms with E-state index in [0.29, 0.717) is 43.4 Å². The van der Waals surface area contributed by atoms with Gasteiger partial charge in [0.05, 0.1) is 53.8 Å². The van der Waals surface area contributed by atoms with E-state index in [0.717, 1.165) is 92.4 Å². The van der Waals surface area contributed by atoms with Gasteiger partial charge < -0.3 is 34.1 Å². The summed E-state index contributed by atoms with van der Waals surface area (Å²) in [7, 11) is 0. The highest BCUT2D eigenvalue weighted by Crippen LogP contribution is 2.44. The predicted molar refractivity (Wildman–Crippen MR) is 200 cm³/mol. The van der Waals surface area contributed by atoms with Crippen molar-refractivity contribution in [2.75, 3.05) is 42.6 Å². The summed E-state index contributed by atoms with van der Waals surface area (Å²) in [5.74, 6) is 1.08. The van der Waals surface area contributed by atoms with Crippen LogP contribution in [0.1, 0.15) is 102 Å². The molecule has 3 fully saturated rings. The van der Waals surface area contributed by atoms with Crippen molar-refractivity contribution >= 4 is 29.4 Å². The molecule has 0 radical (unpaired) electrons. The zero-order valence-corrected chi connectivity index (χ0v) is 32.0. The van der Waals surface area contributed by atoms with Gasteiger partial charge >= 0.3 is 12.1 Å². The molecule has 8 rings (SSSR count). The zero-order chi connectivity index (χ0) is 37.6. The lowest BCUT2D eigenvalue weighted by atomic mass is 9.73. The quantitative estimate of drug-likeness (QED) is 0.334.